The maximum absolute atomic E-state index is 11.7. The summed E-state index contributed by atoms with van der Waals surface area (Å²) in [5.41, 5.74) is -0.265. The van der Waals surface area contributed by atoms with Gasteiger partial charge in [0.2, 0.25) is 0 Å². The number of hydrogen-bond donors (Lipinski definition) is 2. The van der Waals surface area contributed by atoms with Gasteiger partial charge in [-0.15, -0.1) is 0 Å². The van der Waals surface area contributed by atoms with Crippen LogP contribution >= 0.6 is 15.9 Å². The number of aliphatic hydroxyl groups is 1. The van der Waals surface area contributed by atoms with E-state index in [2.05, 4.69) is 20.9 Å². The number of H-pyrrole nitrogens is 1. The normalized spacial score (nSPS) is 10.7. The topological polar surface area (TPSA) is 96.2 Å². The number of non-ortho nitro benzene ring substituents is 1. The number of halogens is 1. The molecule has 0 atom stereocenters. The highest BCUT2D eigenvalue weighted by Gasteiger charge is 2.12. The largest absolute Gasteiger partial charge is 0.390 e. The summed E-state index contributed by atoms with van der Waals surface area (Å²) in [6, 6.07) is 4.00. The number of aromatic nitrogens is 1. The van der Waals surface area contributed by atoms with Crippen LogP contribution in [0.3, 0.4) is 0 Å². The molecular weight excluding hydrogens is 292 g/mol. The first-order valence-corrected chi connectivity index (χ1v) is 5.43. The van der Waals surface area contributed by atoms with E-state index in [1.165, 1.54) is 18.2 Å². The van der Waals surface area contributed by atoms with Gasteiger partial charge in [-0.05, 0) is 22.0 Å². The Labute approximate surface area is 103 Å². The molecule has 1 aromatic heterocycles. The number of aliphatic hydroxyl groups excluding tert-OH is 1. The molecule has 0 bridgehead atoms. The van der Waals surface area contributed by atoms with Crippen LogP contribution in [-0.2, 0) is 6.61 Å². The highest BCUT2D eigenvalue weighted by Crippen LogP contribution is 2.26. The van der Waals surface area contributed by atoms with Crippen molar-refractivity contribution >= 4 is 32.4 Å². The Morgan fingerprint density at radius 2 is 2.12 bits per heavy atom. The lowest BCUT2D eigenvalue weighted by molar-refractivity contribution is -0.384. The molecule has 88 valence electrons. The van der Waals surface area contributed by atoms with Crippen LogP contribution in [0.15, 0.2) is 27.5 Å². The molecular formula is C10H7BrN2O4. The van der Waals surface area contributed by atoms with Crippen LogP contribution in [0.2, 0.25) is 0 Å². The van der Waals surface area contributed by atoms with Crippen LogP contribution in [0.1, 0.15) is 5.69 Å². The third-order valence-corrected chi connectivity index (χ3v) is 3.29. The first kappa shape index (κ1) is 11.7. The highest BCUT2D eigenvalue weighted by molar-refractivity contribution is 9.10. The van der Waals surface area contributed by atoms with Crippen molar-refractivity contribution in [3.05, 3.63) is 48.8 Å². The Kier molecular flexibility index (Phi) is 2.95. The summed E-state index contributed by atoms with van der Waals surface area (Å²) >= 11 is 3.24. The van der Waals surface area contributed by atoms with Gasteiger partial charge in [-0.1, -0.05) is 0 Å². The molecule has 0 saturated carbocycles. The summed E-state index contributed by atoms with van der Waals surface area (Å²) in [6.45, 7) is -0.317. The maximum atomic E-state index is 11.7. The highest BCUT2D eigenvalue weighted by atomic mass is 79.9. The summed E-state index contributed by atoms with van der Waals surface area (Å²) in [7, 11) is 0. The quantitative estimate of drug-likeness (QED) is 0.651. The zero-order valence-electron chi connectivity index (χ0n) is 8.44. The second kappa shape index (κ2) is 4.27. The Bertz CT molecular complexity index is 665. The Morgan fingerprint density at radius 3 is 2.71 bits per heavy atom. The van der Waals surface area contributed by atoms with Gasteiger partial charge in [0.1, 0.15) is 0 Å². The summed E-state index contributed by atoms with van der Waals surface area (Å²) in [6.07, 6.45) is 0. The molecule has 2 aromatic rings. The molecule has 7 heteroatoms. The van der Waals surface area contributed by atoms with Gasteiger partial charge < -0.3 is 10.1 Å². The summed E-state index contributed by atoms with van der Waals surface area (Å²) < 4.78 is 0.532. The van der Waals surface area contributed by atoms with Crippen molar-refractivity contribution < 1.29 is 10.0 Å². The number of nitrogens with zero attached hydrogens (tertiary/aromatic N) is 1. The Morgan fingerprint density at radius 1 is 1.41 bits per heavy atom. The zero-order chi connectivity index (χ0) is 12.6. The van der Waals surface area contributed by atoms with E-state index in [-0.39, 0.29) is 17.7 Å². The lowest BCUT2D eigenvalue weighted by Gasteiger charge is -2.05. The second-order valence-corrected chi connectivity index (χ2v) is 4.18. The fourth-order valence-electron chi connectivity index (χ4n) is 1.56. The van der Waals surface area contributed by atoms with E-state index < -0.39 is 10.5 Å². The van der Waals surface area contributed by atoms with Crippen molar-refractivity contribution in [2.75, 3.05) is 0 Å². The van der Waals surface area contributed by atoms with Gasteiger partial charge >= 0.3 is 0 Å². The minimum Gasteiger partial charge on any atom is -0.390 e. The maximum Gasteiger partial charge on any atom is 0.270 e. The van der Waals surface area contributed by atoms with E-state index in [4.69, 9.17) is 5.11 Å². The van der Waals surface area contributed by atoms with Gasteiger partial charge in [0.25, 0.3) is 11.2 Å². The molecule has 0 aliphatic rings. The predicted molar refractivity (Wildman–Crippen MR) is 64.8 cm³/mol. The monoisotopic (exact) mass is 298 g/mol. The summed E-state index contributed by atoms with van der Waals surface area (Å²) in [5, 5.41) is 20.4. The van der Waals surface area contributed by atoms with Gasteiger partial charge in [-0.25, -0.2) is 0 Å². The average molecular weight is 299 g/mol. The summed E-state index contributed by atoms with van der Waals surface area (Å²) in [5.74, 6) is 0. The van der Waals surface area contributed by atoms with E-state index in [0.717, 1.165) is 0 Å². The van der Waals surface area contributed by atoms with Crippen molar-refractivity contribution in [2.45, 2.75) is 6.61 Å². The van der Waals surface area contributed by atoms with Crippen LogP contribution in [0.4, 0.5) is 5.69 Å². The molecule has 0 aliphatic carbocycles. The van der Waals surface area contributed by atoms with Crippen LogP contribution in [0, 0.1) is 10.1 Å². The third-order valence-electron chi connectivity index (χ3n) is 2.38. The van der Waals surface area contributed by atoms with Crippen LogP contribution in [-0.4, -0.2) is 15.0 Å². The molecule has 2 N–H and O–H groups in total. The number of fused-ring (bicyclic) bond motifs is 1. The van der Waals surface area contributed by atoms with Crippen molar-refractivity contribution in [1.29, 1.82) is 0 Å². The molecule has 0 aliphatic heterocycles. The van der Waals surface area contributed by atoms with Crippen LogP contribution in [0.25, 0.3) is 10.8 Å². The van der Waals surface area contributed by atoms with Crippen molar-refractivity contribution in [3.63, 3.8) is 0 Å². The van der Waals surface area contributed by atoms with Gasteiger partial charge in [-0.2, -0.15) is 0 Å². The van der Waals surface area contributed by atoms with E-state index in [1.807, 2.05) is 0 Å². The second-order valence-electron chi connectivity index (χ2n) is 3.39. The Hall–Kier alpha value is -1.73. The molecule has 0 fully saturated rings. The van der Waals surface area contributed by atoms with Crippen molar-refractivity contribution in [1.82, 2.24) is 4.98 Å². The van der Waals surface area contributed by atoms with E-state index in [0.29, 0.717) is 15.6 Å². The average Bonchev–Trinajstić information content (AvgIpc) is 2.33. The minimum absolute atomic E-state index is 0.147. The van der Waals surface area contributed by atoms with Crippen LogP contribution < -0.4 is 5.56 Å². The molecule has 17 heavy (non-hydrogen) atoms. The fraction of sp³-hybridized carbons (Fsp3) is 0.100. The van der Waals surface area contributed by atoms with E-state index >= 15 is 0 Å². The first-order chi connectivity index (χ1) is 8.04. The van der Waals surface area contributed by atoms with E-state index in [1.54, 1.807) is 0 Å². The third kappa shape index (κ3) is 1.94. The van der Waals surface area contributed by atoms with Gasteiger partial charge in [-0.3, -0.25) is 14.9 Å². The Balaban J connectivity index is 2.85. The number of rotatable bonds is 2. The predicted octanol–water partition coefficient (Wildman–Crippen LogP) is 1.69. The number of benzene rings is 1. The molecule has 6 nitrogen and oxygen atoms in total. The van der Waals surface area contributed by atoms with Crippen LogP contribution in [0.5, 0.6) is 0 Å². The SMILES string of the molecule is O=c1[nH]c(CO)c(Br)c2ccc([N+](=O)[O-])cc12. The van der Waals surface area contributed by atoms with Crippen molar-refractivity contribution in [2.24, 2.45) is 0 Å². The zero-order valence-corrected chi connectivity index (χ0v) is 10.0. The lowest BCUT2D eigenvalue weighted by Crippen LogP contribution is -2.10. The molecule has 2 rings (SSSR count). The first-order valence-electron chi connectivity index (χ1n) is 4.64. The van der Waals surface area contributed by atoms with Gasteiger partial charge in [0.05, 0.1) is 22.6 Å². The van der Waals surface area contributed by atoms with Crippen molar-refractivity contribution in [3.8, 4) is 0 Å². The number of nitro groups is 1. The molecule has 0 radical (unpaired) electrons. The molecule has 1 aromatic carbocycles. The minimum atomic E-state index is -0.563. The standard InChI is InChI=1S/C10H7BrN2O4/c11-9-6-2-1-5(13(16)17)3-7(6)10(15)12-8(9)4-14/h1-3,14H,4H2,(H,12,15). The lowest BCUT2D eigenvalue weighted by atomic mass is 10.1. The number of hydrogen-bond acceptors (Lipinski definition) is 4. The number of nitro benzene ring substituents is 1. The molecule has 1 heterocycles. The smallest absolute Gasteiger partial charge is 0.270 e. The molecule has 0 saturated heterocycles. The number of nitrogens with one attached hydrogen (secondary N) is 1. The molecule has 0 spiro atoms. The number of pyridine rings is 1. The van der Waals surface area contributed by atoms with Gasteiger partial charge in [0, 0.05) is 22.0 Å². The summed E-state index contributed by atoms with van der Waals surface area (Å²) in [4.78, 5) is 24.2. The van der Waals surface area contributed by atoms with E-state index in [9.17, 15) is 14.9 Å². The van der Waals surface area contributed by atoms with Gasteiger partial charge in [0.15, 0.2) is 0 Å². The molecule has 0 amide bonds. The fourth-order valence-corrected chi connectivity index (χ4v) is 2.13. The number of aromatic amines is 1. The molecule has 0 unspecified atom stereocenters.